The Balaban J connectivity index is 1.73. The number of hydrogen-bond acceptors (Lipinski definition) is 1. The maximum Gasteiger partial charge on any atom is 0.115 e. The summed E-state index contributed by atoms with van der Waals surface area (Å²) < 4.78 is 0. The predicted molar refractivity (Wildman–Crippen MR) is 104 cm³/mol. The highest BCUT2D eigenvalue weighted by Gasteiger charge is 2.13. The Morgan fingerprint density at radius 1 is 0.800 bits per heavy atom. The van der Waals surface area contributed by atoms with E-state index in [-0.39, 0.29) is 0 Å². The molecule has 0 spiro atoms. The second kappa shape index (κ2) is 6.48. The van der Waals surface area contributed by atoms with Crippen LogP contribution in [0.1, 0.15) is 16.8 Å². The average molecular weight is 327 g/mol. The van der Waals surface area contributed by atoms with Crippen LogP contribution in [0.3, 0.4) is 0 Å². The van der Waals surface area contributed by atoms with Gasteiger partial charge in [0.2, 0.25) is 0 Å². The molecule has 0 fully saturated rings. The van der Waals surface area contributed by atoms with E-state index in [4.69, 9.17) is 0 Å². The van der Waals surface area contributed by atoms with Gasteiger partial charge in [-0.25, -0.2) is 0 Å². The third kappa shape index (κ3) is 3.16. The molecule has 0 saturated carbocycles. The van der Waals surface area contributed by atoms with Gasteiger partial charge in [-0.2, -0.15) is 0 Å². The molecule has 0 amide bonds. The fourth-order valence-electron chi connectivity index (χ4n) is 3.37. The topological polar surface area (TPSA) is 36.0 Å². The van der Waals surface area contributed by atoms with Crippen LogP contribution in [0.25, 0.3) is 22.0 Å². The first-order chi connectivity index (χ1) is 12.2. The molecular weight excluding hydrogens is 306 g/mol. The van der Waals surface area contributed by atoms with E-state index in [1.165, 1.54) is 27.8 Å². The van der Waals surface area contributed by atoms with Crippen molar-refractivity contribution in [3.63, 3.8) is 0 Å². The van der Waals surface area contributed by atoms with Crippen LogP contribution in [0.5, 0.6) is 5.75 Å². The predicted octanol–water partition coefficient (Wildman–Crippen LogP) is 5.63. The van der Waals surface area contributed by atoms with Gasteiger partial charge in [0.05, 0.1) is 0 Å². The molecule has 0 bridgehead atoms. The molecule has 3 aromatic carbocycles. The minimum absolute atomic E-state index is 0.296. The molecule has 2 nitrogen and oxygen atoms in total. The first-order valence-electron chi connectivity index (χ1n) is 8.65. The number of aryl methyl sites for hydroxylation is 3. The zero-order valence-corrected chi connectivity index (χ0v) is 14.3. The number of aromatic nitrogens is 1. The van der Waals surface area contributed by atoms with Crippen LogP contribution in [0, 0.1) is 6.92 Å². The largest absolute Gasteiger partial charge is 0.508 e. The summed E-state index contributed by atoms with van der Waals surface area (Å²) in [6.45, 7) is 2.12. The number of aromatic hydroxyl groups is 1. The van der Waals surface area contributed by atoms with Gasteiger partial charge in [-0.05, 0) is 49.1 Å². The number of H-pyrrole nitrogens is 1. The molecule has 25 heavy (non-hydrogen) atoms. The minimum atomic E-state index is 0.296. The summed E-state index contributed by atoms with van der Waals surface area (Å²) in [6.07, 6.45) is 1.95. The molecule has 0 aliphatic carbocycles. The number of fused-ring (bicyclic) bond motifs is 1. The number of phenolic OH excluding ortho intramolecular Hbond substituents is 1. The molecule has 1 aromatic heterocycles. The maximum atomic E-state index is 9.60. The first-order valence-corrected chi connectivity index (χ1v) is 8.65. The van der Waals surface area contributed by atoms with Crippen molar-refractivity contribution in [2.45, 2.75) is 19.8 Å². The number of benzene rings is 3. The van der Waals surface area contributed by atoms with Gasteiger partial charge in [0.15, 0.2) is 0 Å². The van der Waals surface area contributed by atoms with Crippen LogP contribution in [0.2, 0.25) is 0 Å². The number of nitrogens with one attached hydrogen (secondary N) is 1. The lowest BCUT2D eigenvalue weighted by Gasteiger charge is -2.07. The highest BCUT2D eigenvalue weighted by Crippen LogP contribution is 2.34. The van der Waals surface area contributed by atoms with E-state index < -0.39 is 0 Å². The maximum absolute atomic E-state index is 9.60. The monoisotopic (exact) mass is 327 g/mol. The van der Waals surface area contributed by atoms with Crippen molar-refractivity contribution in [1.29, 1.82) is 0 Å². The summed E-state index contributed by atoms with van der Waals surface area (Å²) in [4.78, 5) is 3.60. The Labute approximate surface area is 147 Å². The van der Waals surface area contributed by atoms with E-state index in [2.05, 4.69) is 60.4 Å². The van der Waals surface area contributed by atoms with Crippen LogP contribution in [-0.4, -0.2) is 10.1 Å². The molecule has 4 rings (SSSR count). The molecule has 0 atom stereocenters. The molecule has 124 valence electrons. The molecule has 1 heterocycles. The van der Waals surface area contributed by atoms with E-state index in [0.717, 1.165) is 23.9 Å². The summed E-state index contributed by atoms with van der Waals surface area (Å²) in [5.41, 5.74) is 7.41. The van der Waals surface area contributed by atoms with E-state index in [0.29, 0.717) is 5.75 Å². The van der Waals surface area contributed by atoms with Gasteiger partial charge in [-0.1, -0.05) is 60.2 Å². The number of phenols is 1. The number of rotatable bonds is 4. The highest BCUT2D eigenvalue weighted by molar-refractivity contribution is 5.97. The Kier molecular flexibility index (Phi) is 4.02. The summed E-state index contributed by atoms with van der Waals surface area (Å²) in [5, 5.41) is 10.8. The van der Waals surface area contributed by atoms with Gasteiger partial charge >= 0.3 is 0 Å². The molecule has 2 N–H and O–H groups in total. The van der Waals surface area contributed by atoms with Crippen molar-refractivity contribution >= 4 is 10.9 Å². The van der Waals surface area contributed by atoms with Gasteiger partial charge in [0.1, 0.15) is 5.75 Å². The molecule has 4 aromatic rings. The lowest BCUT2D eigenvalue weighted by Crippen LogP contribution is -1.94. The average Bonchev–Trinajstić information content (AvgIpc) is 3.00. The molecule has 0 aliphatic rings. The second-order valence-corrected chi connectivity index (χ2v) is 6.56. The fraction of sp³-hybridized carbons (Fsp3) is 0.130. The van der Waals surface area contributed by atoms with Crippen molar-refractivity contribution in [2.24, 2.45) is 0 Å². The van der Waals surface area contributed by atoms with Crippen LogP contribution < -0.4 is 0 Å². The highest BCUT2D eigenvalue weighted by atomic mass is 16.3. The zero-order chi connectivity index (χ0) is 17.2. The fourth-order valence-corrected chi connectivity index (χ4v) is 3.37. The standard InChI is InChI=1S/C23H21NO/c1-16-6-8-17(9-7-16)10-15-22-23(18-11-13-19(25)14-12-18)20-4-2-3-5-21(20)24-22/h2-9,11-14,24-25H,10,15H2,1H3. The van der Waals surface area contributed by atoms with Crippen molar-refractivity contribution in [3.8, 4) is 16.9 Å². The van der Waals surface area contributed by atoms with E-state index in [1.807, 2.05) is 12.1 Å². The van der Waals surface area contributed by atoms with Gasteiger partial charge < -0.3 is 10.1 Å². The van der Waals surface area contributed by atoms with Gasteiger partial charge in [0, 0.05) is 22.2 Å². The number of hydrogen-bond donors (Lipinski definition) is 2. The smallest absolute Gasteiger partial charge is 0.115 e. The summed E-state index contributed by atoms with van der Waals surface area (Å²) in [6, 6.07) is 24.6. The SMILES string of the molecule is Cc1ccc(CCc2[nH]c3ccccc3c2-c2ccc(O)cc2)cc1. The summed E-state index contributed by atoms with van der Waals surface area (Å²) in [5.74, 6) is 0.296. The molecular formula is C23H21NO. The number of para-hydroxylation sites is 1. The summed E-state index contributed by atoms with van der Waals surface area (Å²) >= 11 is 0. The Morgan fingerprint density at radius 2 is 1.52 bits per heavy atom. The van der Waals surface area contributed by atoms with Gasteiger partial charge in [-0.15, -0.1) is 0 Å². The van der Waals surface area contributed by atoms with E-state index in [9.17, 15) is 5.11 Å². The van der Waals surface area contributed by atoms with Gasteiger partial charge in [0.25, 0.3) is 0 Å². The quantitative estimate of drug-likeness (QED) is 0.500. The second-order valence-electron chi connectivity index (χ2n) is 6.56. The zero-order valence-electron chi connectivity index (χ0n) is 14.3. The summed E-state index contributed by atoms with van der Waals surface area (Å²) in [7, 11) is 0. The Bertz CT molecular complexity index is 995. The first kappa shape index (κ1) is 15.5. The third-order valence-corrected chi connectivity index (χ3v) is 4.72. The molecule has 2 heteroatoms. The van der Waals surface area contributed by atoms with E-state index >= 15 is 0 Å². The van der Waals surface area contributed by atoms with Crippen molar-refractivity contribution in [2.75, 3.05) is 0 Å². The number of aromatic amines is 1. The molecule has 0 unspecified atom stereocenters. The minimum Gasteiger partial charge on any atom is -0.508 e. The third-order valence-electron chi connectivity index (χ3n) is 4.72. The van der Waals surface area contributed by atoms with Crippen LogP contribution in [0.15, 0.2) is 72.8 Å². The van der Waals surface area contributed by atoms with E-state index in [1.54, 1.807) is 12.1 Å². The molecule has 0 aliphatic heterocycles. The normalized spacial score (nSPS) is 11.1. The van der Waals surface area contributed by atoms with Crippen LogP contribution in [0.4, 0.5) is 0 Å². The van der Waals surface area contributed by atoms with Crippen molar-refractivity contribution < 1.29 is 5.11 Å². The lowest BCUT2D eigenvalue weighted by molar-refractivity contribution is 0.475. The lowest BCUT2D eigenvalue weighted by atomic mass is 9.98. The van der Waals surface area contributed by atoms with Crippen molar-refractivity contribution in [1.82, 2.24) is 4.98 Å². The van der Waals surface area contributed by atoms with Crippen LogP contribution >= 0.6 is 0 Å². The van der Waals surface area contributed by atoms with Crippen LogP contribution in [-0.2, 0) is 12.8 Å². The van der Waals surface area contributed by atoms with Gasteiger partial charge in [-0.3, -0.25) is 0 Å². The Morgan fingerprint density at radius 3 is 2.28 bits per heavy atom. The Hall–Kier alpha value is -3.00. The molecule has 0 saturated heterocycles. The molecule has 0 radical (unpaired) electrons. The van der Waals surface area contributed by atoms with Crippen molar-refractivity contribution in [3.05, 3.63) is 89.6 Å².